The van der Waals surface area contributed by atoms with Gasteiger partial charge in [0.1, 0.15) is 0 Å². The van der Waals surface area contributed by atoms with E-state index in [-0.39, 0.29) is 11.7 Å². The van der Waals surface area contributed by atoms with Crippen molar-refractivity contribution in [1.82, 2.24) is 0 Å². The van der Waals surface area contributed by atoms with Crippen molar-refractivity contribution in [1.29, 1.82) is 0 Å². The van der Waals surface area contributed by atoms with Crippen molar-refractivity contribution in [3.63, 3.8) is 0 Å². The topological polar surface area (TPSA) is 37.4 Å². The summed E-state index contributed by atoms with van der Waals surface area (Å²) < 4.78 is 0. The van der Waals surface area contributed by atoms with Gasteiger partial charge < -0.3 is 4.90 Å². The number of nitrogens with zero attached hydrogens (tertiary/aromatic N) is 1. The van der Waals surface area contributed by atoms with E-state index in [4.69, 9.17) is 11.6 Å². The minimum Gasteiger partial charge on any atom is -0.303 e. The molecule has 4 rings (SSSR count). The average molecular weight is 380 g/mol. The summed E-state index contributed by atoms with van der Waals surface area (Å²) in [6, 6.07) is 18.6. The molecule has 3 nitrogen and oxygen atoms in total. The van der Waals surface area contributed by atoms with Crippen LogP contribution in [0.15, 0.2) is 72.1 Å². The molecule has 1 aliphatic heterocycles. The molecule has 0 saturated carbocycles. The van der Waals surface area contributed by atoms with Gasteiger partial charge in [0.15, 0.2) is 5.78 Å². The van der Waals surface area contributed by atoms with E-state index in [1.54, 1.807) is 23.1 Å². The van der Waals surface area contributed by atoms with Gasteiger partial charge in [0.25, 0.3) is 5.91 Å². The fourth-order valence-electron chi connectivity index (χ4n) is 3.00. The Balaban J connectivity index is 1.70. The molecule has 0 spiro atoms. The van der Waals surface area contributed by atoms with Crippen molar-refractivity contribution in [2.45, 2.75) is 6.54 Å². The van der Waals surface area contributed by atoms with Crippen LogP contribution in [-0.4, -0.2) is 11.7 Å². The van der Waals surface area contributed by atoms with Crippen LogP contribution in [-0.2, 0) is 11.3 Å². The van der Waals surface area contributed by atoms with Crippen molar-refractivity contribution in [2.24, 2.45) is 0 Å². The van der Waals surface area contributed by atoms with Gasteiger partial charge in [0.05, 0.1) is 22.7 Å². The molecular formula is C21H14ClNO2S. The van der Waals surface area contributed by atoms with Gasteiger partial charge in [-0.25, -0.2) is 0 Å². The fourth-order valence-corrected chi connectivity index (χ4v) is 3.76. The molecule has 2 heterocycles. The number of amides is 1. The summed E-state index contributed by atoms with van der Waals surface area (Å²) >= 11 is 7.31. The first-order valence-electron chi connectivity index (χ1n) is 8.09. The molecule has 0 unspecified atom stereocenters. The molecule has 2 aromatic carbocycles. The molecule has 0 aliphatic carbocycles. The monoisotopic (exact) mass is 379 g/mol. The maximum absolute atomic E-state index is 13.0. The predicted molar refractivity (Wildman–Crippen MR) is 106 cm³/mol. The summed E-state index contributed by atoms with van der Waals surface area (Å²) in [5, 5.41) is 2.51. The minimum absolute atomic E-state index is 0.147. The smallest absolute Gasteiger partial charge is 0.259 e. The number of rotatable bonds is 4. The van der Waals surface area contributed by atoms with Crippen LogP contribution in [0.1, 0.15) is 20.8 Å². The summed E-state index contributed by atoms with van der Waals surface area (Å²) in [4.78, 5) is 27.8. The van der Waals surface area contributed by atoms with Crippen LogP contribution in [0, 0.1) is 0 Å². The zero-order valence-corrected chi connectivity index (χ0v) is 15.3. The zero-order valence-electron chi connectivity index (χ0n) is 13.7. The third-order valence-corrected chi connectivity index (χ3v) is 5.39. The van der Waals surface area contributed by atoms with E-state index in [0.717, 1.165) is 16.8 Å². The van der Waals surface area contributed by atoms with Crippen LogP contribution in [0.25, 0.3) is 5.57 Å². The number of hydrogen-bond acceptors (Lipinski definition) is 3. The fraction of sp³-hybridized carbons (Fsp3) is 0.0476. The Bertz CT molecular complexity index is 1010. The number of thiophene rings is 1. The quantitative estimate of drug-likeness (QED) is 0.460. The lowest BCUT2D eigenvalue weighted by molar-refractivity contribution is -0.113. The highest BCUT2D eigenvalue weighted by atomic mass is 35.5. The molecule has 5 heteroatoms. The van der Waals surface area contributed by atoms with Crippen LogP contribution in [0.3, 0.4) is 0 Å². The average Bonchev–Trinajstić information content (AvgIpc) is 3.27. The number of benzene rings is 2. The van der Waals surface area contributed by atoms with E-state index in [1.165, 1.54) is 17.4 Å². The lowest BCUT2D eigenvalue weighted by Crippen LogP contribution is -2.25. The number of fused-ring (bicyclic) bond motifs is 1. The van der Waals surface area contributed by atoms with E-state index in [0.29, 0.717) is 22.0 Å². The number of carbonyl (C=O) groups is 2. The summed E-state index contributed by atoms with van der Waals surface area (Å²) in [6.07, 6.45) is 1.45. The highest BCUT2D eigenvalue weighted by molar-refractivity contribution is 7.12. The van der Waals surface area contributed by atoms with E-state index in [1.807, 2.05) is 47.8 Å². The molecule has 1 aromatic heterocycles. The number of ketones is 1. The van der Waals surface area contributed by atoms with Gasteiger partial charge in [-0.3, -0.25) is 9.59 Å². The van der Waals surface area contributed by atoms with Crippen LogP contribution >= 0.6 is 22.9 Å². The third-order valence-electron chi connectivity index (χ3n) is 4.25. The molecule has 0 fully saturated rings. The van der Waals surface area contributed by atoms with Gasteiger partial charge in [-0.05, 0) is 35.2 Å². The Kier molecular flexibility index (Phi) is 4.45. The summed E-state index contributed by atoms with van der Waals surface area (Å²) in [5.41, 5.74) is 3.02. The van der Waals surface area contributed by atoms with E-state index in [9.17, 15) is 9.59 Å². The Hall–Kier alpha value is -2.69. The van der Waals surface area contributed by atoms with Crippen LogP contribution in [0.2, 0.25) is 5.02 Å². The first-order valence-corrected chi connectivity index (χ1v) is 9.34. The first-order chi connectivity index (χ1) is 12.6. The maximum Gasteiger partial charge on any atom is 0.259 e. The van der Waals surface area contributed by atoms with Crippen molar-refractivity contribution in [3.8, 4) is 0 Å². The highest BCUT2D eigenvalue weighted by Gasteiger charge is 2.32. The number of halogens is 1. The molecule has 3 aromatic rings. The second kappa shape index (κ2) is 6.90. The van der Waals surface area contributed by atoms with Crippen molar-refractivity contribution in [2.75, 3.05) is 4.90 Å². The van der Waals surface area contributed by atoms with Crippen molar-refractivity contribution in [3.05, 3.63) is 93.1 Å². The third kappa shape index (κ3) is 3.09. The Morgan fingerprint density at radius 1 is 1.04 bits per heavy atom. The second-order valence-electron chi connectivity index (χ2n) is 5.93. The number of hydrogen-bond donors (Lipinski definition) is 0. The zero-order chi connectivity index (χ0) is 18.1. The van der Waals surface area contributed by atoms with Crippen LogP contribution < -0.4 is 4.90 Å². The standard InChI is InChI=1S/C21H14ClNO2S/c22-15-9-7-14(8-10-15)13-23-18-5-2-1-4-16(18)17(21(23)25)12-19(24)20-6-3-11-26-20/h1-12H,13H2/b17-12-. The van der Waals surface area contributed by atoms with Gasteiger partial charge in [-0.2, -0.15) is 0 Å². The van der Waals surface area contributed by atoms with Gasteiger partial charge >= 0.3 is 0 Å². The molecule has 0 bridgehead atoms. The molecule has 0 saturated heterocycles. The first kappa shape index (κ1) is 16.8. The largest absolute Gasteiger partial charge is 0.303 e. The van der Waals surface area contributed by atoms with Crippen molar-refractivity contribution >= 4 is 45.9 Å². The molecule has 128 valence electrons. The lowest BCUT2D eigenvalue weighted by Gasteiger charge is -2.17. The van der Waals surface area contributed by atoms with Crippen LogP contribution in [0.4, 0.5) is 5.69 Å². The number of carbonyl (C=O) groups excluding carboxylic acids is 2. The Morgan fingerprint density at radius 2 is 1.81 bits per heavy atom. The predicted octanol–water partition coefficient (Wildman–Crippen LogP) is 5.21. The van der Waals surface area contributed by atoms with Gasteiger partial charge in [0, 0.05) is 16.7 Å². The molecular weight excluding hydrogens is 366 g/mol. The van der Waals surface area contributed by atoms with E-state index >= 15 is 0 Å². The van der Waals surface area contributed by atoms with Gasteiger partial charge in [-0.1, -0.05) is 48.0 Å². The summed E-state index contributed by atoms with van der Waals surface area (Å²) in [6.45, 7) is 0.428. The lowest BCUT2D eigenvalue weighted by atomic mass is 10.1. The second-order valence-corrected chi connectivity index (χ2v) is 7.32. The molecule has 26 heavy (non-hydrogen) atoms. The summed E-state index contributed by atoms with van der Waals surface area (Å²) in [5.74, 6) is -0.308. The van der Waals surface area contributed by atoms with E-state index < -0.39 is 0 Å². The molecule has 0 radical (unpaired) electrons. The van der Waals surface area contributed by atoms with Gasteiger partial charge in [-0.15, -0.1) is 11.3 Å². The Morgan fingerprint density at radius 3 is 2.54 bits per heavy atom. The van der Waals surface area contributed by atoms with Crippen LogP contribution in [0.5, 0.6) is 0 Å². The number of allylic oxidation sites excluding steroid dienone is 1. The minimum atomic E-state index is -0.161. The number of para-hydroxylation sites is 1. The van der Waals surface area contributed by atoms with Gasteiger partial charge in [0.2, 0.25) is 0 Å². The molecule has 1 aliphatic rings. The highest BCUT2D eigenvalue weighted by Crippen LogP contribution is 2.37. The molecule has 0 N–H and O–H groups in total. The maximum atomic E-state index is 13.0. The van der Waals surface area contributed by atoms with E-state index in [2.05, 4.69) is 0 Å². The summed E-state index contributed by atoms with van der Waals surface area (Å²) in [7, 11) is 0. The Labute approximate surface area is 160 Å². The number of anilines is 1. The normalized spacial score (nSPS) is 14.7. The molecule has 1 amide bonds. The molecule has 0 atom stereocenters. The SMILES string of the molecule is O=C(/C=C1\C(=O)N(Cc2ccc(Cl)cc2)c2ccccc21)c1cccs1. The van der Waals surface area contributed by atoms with Crippen molar-refractivity contribution < 1.29 is 9.59 Å².